The van der Waals surface area contributed by atoms with Gasteiger partial charge in [-0.25, -0.2) is 4.39 Å². The molecule has 0 aliphatic rings. The molecule has 0 aliphatic carbocycles. The molecule has 0 aromatic heterocycles. The summed E-state index contributed by atoms with van der Waals surface area (Å²) in [5.41, 5.74) is -0.106. The van der Waals surface area contributed by atoms with Crippen molar-refractivity contribution in [3.63, 3.8) is 0 Å². The van der Waals surface area contributed by atoms with Gasteiger partial charge >= 0.3 is 0 Å². The maximum atomic E-state index is 13.0. The van der Waals surface area contributed by atoms with Crippen molar-refractivity contribution >= 4 is 23.4 Å². The van der Waals surface area contributed by atoms with Crippen LogP contribution in [0.4, 0.5) is 10.1 Å². The molecule has 1 rings (SSSR count). The van der Waals surface area contributed by atoms with Gasteiger partial charge in [-0.2, -0.15) is 0 Å². The Morgan fingerprint density at radius 2 is 1.68 bits per heavy atom. The number of carbonyl (C=O) groups is 3. The number of anilines is 1. The molecule has 7 nitrogen and oxygen atoms in total. The summed E-state index contributed by atoms with van der Waals surface area (Å²) >= 11 is 0. The normalized spacial score (nSPS) is 12.2. The van der Waals surface area contributed by atoms with Gasteiger partial charge in [0.05, 0.1) is 7.05 Å². The van der Waals surface area contributed by atoms with Crippen LogP contribution in [0.3, 0.4) is 0 Å². The van der Waals surface area contributed by atoms with E-state index in [1.54, 1.807) is 7.05 Å². The van der Waals surface area contributed by atoms with E-state index in [2.05, 4.69) is 10.6 Å². The first-order valence-electron chi connectivity index (χ1n) is 9.46. The molecule has 0 aliphatic heterocycles. The summed E-state index contributed by atoms with van der Waals surface area (Å²) in [6, 6.07) is 5.43. The Balaban J connectivity index is 2.68. The van der Waals surface area contributed by atoms with Gasteiger partial charge in [0.1, 0.15) is 12.4 Å². The lowest BCUT2D eigenvalue weighted by atomic mass is 10.1. The molecule has 1 aromatic rings. The number of hydrogen-bond acceptors (Lipinski definition) is 3. The van der Waals surface area contributed by atoms with Gasteiger partial charge in [0.15, 0.2) is 13.1 Å². The summed E-state index contributed by atoms with van der Waals surface area (Å²) in [7, 11) is 1.77. The summed E-state index contributed by atoms with van der Waals surface area (Å²) in [5, 5.41) is 5.45. The molecule has 1 aromatic carbocycles. The maximum absolute atomic E-state index is 13.0. The van der Waals surface area contributed by atoms with Crippen LogP contribution in [0.5, 0.6) is 0 Å². The average Bonchev–Trinajstić information content (AvgIpc) is 2.58. The number of hydrogen-bond donors (Lipinski definition) is 3. The third-order valence-corrected chi connectivity index (χ3v) is 4.03. The molecule has 1 unspecified atom stereocenters. The summed E-state index contributed by atoms with van der Waals surface area (Å²) in [6.07, 6.45) is 0.852. The van der Waals surface area contributed by atoms with Crippen molar-refractivity contribution in [1.82, 2.24) is 10.2 Å². The van der Waals surface area contributed by atoms with E-state index in [4.69, 9.17) is 0 Å². The van der Waals surface area contributed by atoms with E-state index in [9.17, 15) is 18.8 Å². The van der Waals surface area contributed by atoms with Crippen molar-refractivity contribution in [1.29, 1.82) is 0 Å². The number of nitrogens with zero attached hydrogens (tertiary/aromatic N) is 1. The Morgan fingerprint density at radius 1 is 1.07 bits per heavy atom. The molecule has 3 N–H and O–H groups in total. The molecule has 156 valence electrons. The largest absolute Gasteiger partial charge is 0.351 e. The molecule has 28 heavy (non-hydrogen) atoms. The zero-order valence-electron chi connectivity index (χ0n) is 17.4. The van der Waals surface area contributed by atoms with Gasteiger partial charge in [-0.05, 0) is 51.5 Å². The number of carbonyl (C=O) groups excluding carboxylic acids is 3. The SMILES string of the molecule is CCCNC(=O)C[NH+](C)CC(=O)N(CC(=O)Nc1ccc(F)cc1)C(C)(C)C. The zero-order valence-corrected chi connectivity index (χ0v) is 17.4. The Hall–Kier alpha value is -2.48. The number of quaternary nitrogens is 1. The van der Waals surface area contributed by atoms with Crippen molar-refractivity contribution in [2.24, 2.45) is 0 Å². The standard InChI is InChI=1S/C20H31FN4O3/c1-6-11-22-17(26)12-24(5)14-19(28)25(20(2,3)4)13-18(27)23-16-9-7-15(21)8-10-16/h7-10H,6,11-14H2,1-5H3,(H,22,26)(H,23,27)/p+1. The van der Waals surface area contributed by atoms with Crippen molar-refractivity contribution in [2.45, 2.75) is 39.7 Å². The Kier molecular flexibility index (Phi) is 9.05. The third-order valence-electron chi connectivity index (χ3n) is 4.03. The van der Waals surface area contributed by atoms with Crippen LogP contribution in [-0.2, 0) is 14.4 Å². The van der Waals surface area contributed by atoms with Crippen LogP contribution in [0.2, 0.25) is 0 Å². The molecular weight excluding hydrogens is 363 g/mol. The fourth-order valence-corrected chi connectivity index (χ4v) is 2.59. The lowest BCUT2D eigenvalue weighted by Gasteiger charge is -2.35. The fourth-order valence-electron chi connectivity index (χ4n) is 2.59. The van der Waals surface area contributed by atoms with Gasteiger partial charge in [-0.1, -0.05) is 6.92 Å². The Labute approximate surface area is 166 Å². The zero-order chi connectivity index (χ0) is 21.3. The highest BCUT2D eigenvalue weighted by Gasteiger charge is 2.30. The second-order valence-corrected chi connectivity index (χ2v) is 7.87. The van der Waals surface area contributed by atoms with Crippen LogP contribution < -0.4 is 15.5 Å². The van der Waals surface area contributed by atoms with E-state index < -0.39 is 11.4 Å². The summed E-state index contributed by atoms with van der Waals surface area (Å²) < 4.78 is 13.0. The van der Waals surface area contributed by atoms with Gasteiger partial charge in [-0.15, -0.1) is 0 Å². The molecule has 0 saturated heterocycles. The average molecular weight is 395 g/mol. The molecule has 0 bridgehead atoms. The lowest BCUT2D eigenvalue weighted by Crippen LogP contribution is -3.11. The van der Waals surface area contributed by atoms with Crippen LogP contribution in [0.25, 0.3) is 0 Å². The van der Waals surface area contributed by atoms with Gasteiger partial charge < -0.3 is 20.4 Å². The highest BCUT2D eigenvalue weighted by atomic mass is 19.1. The Bertz CT molecular complexity index is 671. The van der Waals surface area contributed by atoms with Crippen molar-refractivity contribution in [3.05, 3.63) is 30.1 Å². The van der Waals surface area contributed by atoms with E-state index in [1.807, 2.05) is 27.7 Å². The van der Waals surface area contributed by atoms with Crippen LogP contribution in [0.1, 0.15) is 34.1 Å². The third kappa shape index (κ3) is 8.47. The van der Waals surface area contributed by atoms with E-state index in [0.29, 0.717) is 12.2 Å². The summed E-state index contributed by atoms with van der Waals surface area (Å²) in [4.78, 5) is 39.2. The van der Waals surface area contributed by atoms with Gasteiger partial charge in [0.25, 0.3) is 11.8 Å². The number of rotatable bonds is 9. The van der Waals surface area contributed by atoms with Crippen LogP contribution in [-0.4, -0.2) is 61.4 Å². The van der Waals surface area contributed by atoms with Crippen LogP contribution >= 0.6 is 0 Å². The molecule has 0 fully saturated rings. The van der Waals surface area contributed by atoms with Crippen molar-refractivity contribution < 1.29 is 23.7 Å². The fraction of sp³-hybridized carbons (Fsp3) is 0.550. The molecule has 8 heteroatoms. The first-order valence-corrected chi connectivity index (χ1v) is 9.46. The van der Waals surface area contributed by atoms with E-state index >= 15 is 0 Å². The predicted octanol–water partition coefficient (Wildman–Crippen LogP) is 0.432. The van der Waals surface area contributed by atoms with E-state index in [1.165, 1.54) is 29.2 Å². The first-order chi connectivity index (χ1) is 13.0. The minimum atomic E-state index is -0.567. The van der Waals surface area contributed by atoms with E-state index in [0.717, 1.165) is 11.3 Å². The van der Waals surface area contributed by atoms with Crippen LogP contribution in [0.15, 0.2) is 24.3 Å². The second kappa shape index (κ2) is 10.8. The first kappa shape index (κ1) is 23.6. The number of amides is 3. The topological polar surface area (TPSA) is 83.0 Å². The summed E-state index contributed by atoms with van der Waals surface area (Å²) in [6.45, 7) is 8.27. The highest BCUT2D eigenvalue weighted by Crippen LogP contribution is 2.14. The van der Waals surface area contributed by atoms with Gasteiger partial charge in [0.2, 0.25) is 5.91 Å². The number of nitrogens with one attached hydrogen (secondary N) is 3. The van der Waals surface area contributed by atoms with Gasteiger partial charge in [-0.3, -0.25) is 14.4 Å². The smallest absolute Gasteiger partial charge is 0.278 e. The lowest BCUT2D eigenvalue weighted by molar-refractivity contribution is -0.863. The second-order valence-electron chi connectivity index (χ2n) is 7.87. The molecule has 3 amide bonds. The van der Waals surface area contributed by atoms with Crippen molar-refractivity contribution in [3.8, 4) is 0 Å². The predicted molar refractivity (Wildman–Crippen MR) is 106 cm³/mol. The molecular formula is C20H32FN4O3+. The van der Waals surface area contributed by atoms with E-state index in [-0.39, 0.29) is 37.4 Å². The quantitative estimate of drug-likeness (QED) is 0.567. The molecule has 0 spiro atoms. The highest BCUT2D eigenvalue weighted by molar-refractivity contribution is 5.94. The Morgan fingerprint density at radius 3 is 2.21 bits per heavy atom. The molecule has 0 radical (unpaired) electrons. The molecule has 1 atom stereocenters. The number of benzene rings is 1. The maximum Gasteiger partial charge on any atom is 0.278 e. The minimum absolute atomic E-state index is 0.0979. The van der Waals surface area contributed by atoms with Gasteiger partial charge in [0, 0.05) is 17.8 Å². The monoisotopic (exact) mass is 395 g/mol. The molecule has 0 saturated carbocycles. The minimum Gasteiger partial charge on any atom is -0.351 e. The summed E-state index contributed by atoms with van der Waals surface area (Å²) in [5.74, 6) is -1.09. The van der Waals surface area contributed by atoms with Crippen LogP contribution in [0, 0.1) is 5.82 Å². The van der Waals surface area contributed by atoms with Crippen molar-refractivity contribution in [2.75, 3.05) is 38.5 Å². The molecule has 0 heterocycles. The number of likely N-dealkylation sites (N-methyl/N-ethyl adjacent to an activating group) is 1. The number of halogens is 1.